The van der Waals surface area contributed by atoms with Crippen molar-refractivity contribution in [3.8, 4) is 16.3 Å². The number of amides is 1. The predicted molar refractivity (Wildman–Crippen MR) is 109 cm³/mol. The molecule has 0 aliphatic carbocycles. The molecule has 1 heterocycles. The van der Waals surface area contributed by atoms with Gasteiger partial charge >= 0.3 is 5.97 Å². The summed E-state index contributed by atoms with van der Waals surface area (Å²) in [7, 11) is 1.59. The maximum absolute atomic E-state index is 12.2. The Kier molecular flexibility index (Phi) is 6.36. The molecule has 2 aromatic carbocycles. The molecule has 3 rings (SSSR count). The number of thiazole rings is 1. The molecule has 7 nitrogen and oxygen atoms in total. The van der Waals surface area contributed by atoms with E-state index in [1.165, 1.54) is 18.3 Å². The van der Waals surface area contributed by atoms with E-state index in [1.54, 1.807) is 36.8 Å². The number of esters is 1. The molecule has 1 aromatic heterocycles. The third-order valence-electron chi connectivity index (χ3n) is 3.96. The molecule has 1 amide bonds. The number of ether oxygens (including phenoxy) is 2. The molecule has 148 valence electrons. The first-order valence-electron chi connectivity index (χ1n) is 8.64. The zero-order valence-corrected chi connectivity index (χ0v) is 16.6. The second kappa shape index (κ2) is 9.11. The Labute approximate surface area is 171 Å². The van der Waals surface area contributed by atoms with Crippen LogP contribution >= 0.6 is 11.3 Å². The van der Waals surface area contributed by atoms with Crippen molar-refractivity contribution in [2.45, 2.75) is 6.92 Å². The number of nitrogens with one attached hydrogen (secondary N) is 1. The van der Waals surface area contributed by atoms with E-state index >= 15 is 0 Å². The van der Waals surface area contributed by atoms with Crippen molar-refractivity contribution in [3.63, 3.8) is 0 Å². The number of carbonyl (C=O) groups excluding carboxylic acids is 3. The molecular formula is C21H18N2O5S. The van der Waals surface area contributed by atoms with Gasteiger partial charge in [0.2, 0.25) is 0 Å². The lowest BCUT2D eigenvalue weighted by Gasteiger charge is -2.06. The molecule has 3 aromatic rings. The fourth-order valence-electron chi connectivity index (χ4n) is 2.42. The molecular weight excluding hydrogens is 392 g/mol. The van der Waals surface area contributed by atoms with Crippen LogP contribution in [0.2, 0.25) is 0 Å². The van der Waals surface area contributed by atoms with Crippen LogP contribution in [-0.4, -0.2) is 36.4 Å². The minimum absolute atomic E-state index is 0.0610. The van der Waals surface area contributed by atoms with Crippen LogP contribution in [0, 0.1) is 0 Å². The van der Waals surface area contributed by atoms with E-state index in [1.807, 2.05) is 24.3 Å². The highest BCUT2D eigenvalue weighted by Gasteiger charge is 2.15. The van der Waals surface area contributed by atoms with Gasteiger partial charge in [0.05, 0.1) is 7.11 Å². The molecule has 0 saturated carbocycles. The van der Waals surface area contributed by atoms with Gasteiger partial charge in [0.1, 0.15) is 10.8 Å². The molecule has 0 saturated heterocycles. The molecule has 0 bridgehead atoms. The van der Waals surface area contributed by atoms with Gasteiger partial charge in [-0.05, 0) is 55.5 Å². The summed E-state index contributed by atoms with van der Waals surface area (Å²) in [5.74, 6) is -0.497. The number of hydrogen-bond donors (Lipinski definition) is 1. The van der Waals surface area contributed by atoms with Crippen molar-refractivity contribution >= 4 is 34.7 Å². The smallest absolute Gasteiger partial charge is 0.358 e. The molecule has 0 aliphatic rings. The van der Waals surface area contributed by atoms with Crippen molar-refractivity contribution < 1.29 is 23.9 Å². The Morgan fingerprint density at radius 3 is 2.34 bits per heavy atom. The number of ketones is 1. The normalized spacial score (nSPS) is 10.3. The van der Waals surface area contributed by atoms with Crippen molar-refractivity contribution in [3.05, 3.63) is 65.2 Å². The van der Waals surface area contributed by atoms with Gasteiger partial charge < -0.3 is 14.8 Å². The maximum Gasteiger partial charge on any atom is 0.358 e. The number of carbonyl (C=O) groups is 3. The zero-order valence-electron chi connectivity index (χ0n) is 15.8. The number of anilines is 1. The van der Waals surface area contributed by atoms with Crippen molar-refractivity contribution in [2.24, 2.45) is 0 Å². The second-order valence-corrected chi connectivity index (χ2v) is 6.88. The van der Waals surface area contributed by atoms with Crippen molar-refractivity contribution in [1.29, 1.82) is 0 Å². The number of nitrogens with zero attached hydrogens (tertiary/aromatic N) is 1. The summed E-state index contributed by atoms with van der Waals surface area (Å²) in [6.07, 6.45) is 0. The highest BCUT2D eigenvalue weighted by molar-refractivity contribution is 7.13. The van der Waals surface area contributed by atoms with Gasteiger partial charge in [-0.2, -0.15) is 0 Å². The molecule has 0 atom stereocenters. The van der Waals surface area contributed by atoms with Crippen LogP contribution in [0.5, 0.6) is 5.75 Å². The summed E-state index contributed by atoms with van der Waals surface area (Å²) in [5, 5.41) is 4.84. The van der Waals surface area contributed by atoms with Crippen LogP contribution < -0.4 is 10.1 Å². The summed E-state index contributed by atoms with van der Waals surface area (Å²) >= 11 is 1.30. The van der Waals surface area contributed by atoms with E-state index in [0.29, 0.717) is 16.3 Å². The fourth-order valence-corrected chi connectivity index (χ4v) is 3.22. The molecule has 29 heavy (non-hydrogen) atoms. The van der Waals surface area contributed by atoms with Gasteiger partial charge in [0.15, 0.2) is 18.1 Å². The van der Waals surface area contributed by atoms with Gasteiger partial charge in [0.25, 0.3) is 5.91 Å². The number of methoxy groups -OCH3 is 1. The van der Waals surface area contributed by atoms with Crippen LogP contribution in [0.4, 0.5) is 5.69 Å². The number of rotatable bonds is 7. The van der Waals surface area contributed by atoms with E-state index in [-0.39, 0.29) is 11.5 Å². The van der Waals surface area contributed by atoms with Gasteiger partial charge in [0, 0.05) is 22.2 Å². The lowest BCUT2D eigenvalue weighted by molar-refractivity contribution is -0.119. The summed E-state index contributed by atoms with van der Waals surface area (Å²) < 4.78 is 10.1. The molecule has 0 aliphatic heterocycles. The number of benzene rings is 2. The highest BCUT2D eigenvalue weighted by atomic mass is 32.1. The quantitative estimate of drug-likeness (QED) is 0.470. The molecule has 1 N–H and O–H groups in total. The predicted octanol–water partition coefficient (Wildman–Crippen LogP) is 3.82. The Balaban J connectivity index is 1.54. The molecule has 0 spiro atoms. The Morgan fingerprint density at radius 2 is 1.72 bits per heavy atom. The SMILES string of the molecule is COc1ccc(-c2nc(C(=O)OCC(=O)Nc3ccc(C(C)=O)cc3)cs2)cc1. The zero-order chi connectivity index (χ0) is 20.8. The van der Waals surface area contributed by atoms with E-state index < -0.39 is 18.5 Å². The summed E-state index contributed by atoms with van der Waals surface area (Å²) in [4.78, 5) is 39.6. The largest absolute Gasteiger partial charge is 0.497 e. The van der Waals surface area contributed by atoms with Gasteiger partial charge in [-0.15, -0.1) is 11.3 Å². The standard InChI is InChI=1S/C21H18N2O5S/c1-13(24)14-3-7-16(8-4-14)22-19(25)11-28-21(26)18-12-29-20(23-18)15-5-9-17(27-2)10-6-15/h3-10,12H,11H2,1-2H3,(H,22,25). The Morgan fingerprint density at radius 1 is 1.03 bits per heavy atom. The van der Waals surface area contributed by atoms with E-state index in [9.17, 15) is 14.4 Å². The summed E-state index contributed by atoms with van der Waals surface area (Å²) in [6.45, 7) is 1.02. The minimum atomic E-state index is -0.678. The summed E-state index contributed by atoms with van der Waals surface area (Å²) in [6, 6.07) is 13.7. The summed E-state index contributed by atoms with van der Waals surface area (Å²) in [5.41, 5.74) is 2.04. The number of Topliss-reactive ketones (excluding diaryl/α,β-unsaturated/α-hetero) is 1. The second-order valence-electron chi connectivity index (χ2n) is 6.02. The maximum atomic E-state index is 12.2. The minimum Gasteiger partial charge on any atom is -0.497 e. The van der Waals surface area contributed by atoms with Gasteiger partial charge in [-0.3, -0.25) is 9.59 Å². The molecule has 8 heteroatoms. The van der Waals surface area contributed by atoms with E-state index in [2.05, 4.69) is 10.3 Å². The number of hydrogen-bond acceptors (Lipinski definition) is 7. The Hall–Kier alpha value is -3.52. The topological polar surface area (TPSA) is 94.6 Å². The average molecular weight is 410 g/mol. The molecule has 0 unspecified atom stereocenters. The van der Waals surface area contributed by atoms with Gasteiger partial charge in [-0.25, -0.2) is 9.78 Å². The first kappa shape index (κ1) is 20.2. The third kappa shape index (κ3) is 5.26. The lowest BCUT2D eigenvalue weighted by atomic mass is 10.1. The lowest BCUT2D eigenvalue weighted by Crippen LogP contribution is -2.21. The molecule has 0 fully saturated rings. The van der Waals surface area contributed by atoms with E-state index in [0.717, 1.165) is 11.3 Å². The van der Waals surface area contributed by atoms with Gasteiger partial charge in [-0.1, -0.05) is 0 Å². The first-order valence-corrected chi connectivity index (χ1v) is 9.52. The van der Waals surface area contributed by atoms with Crippen LogP contribution in [0.15, 0.2) is 53.9 Å². The fraction of sp³-hybridized carbons (Fsp3) is 0.143. The third-order valence-corrected chi connectivity index (χ3v) is 4.85. The van der Waals surface area contributed by atoms with Crippen LogP contribution in [-0.2, 0) is 9.53 Å². The average Bonchev–Trinajstić information content (AvgIpc) is 3.23. The Bertz CT molecular complexity index is 1030. The van der Waals surface area contributed by atoms with Crippen molar-refractivity contribution in [1.82, 2.24) is 4.98 Å². The number of aromatic nitrogens is 1. The van der Waals surface area contributed by atoms with Crippen LogP contribution in [0.3, 0.4) is 0 Å². The van der Waals surface area contributed by atoms with Crippen molar-refractivity contribution in [2.75, 3.05) is 19.0 Å². The van der Waals surface area contributed by atoms with Crippen LogP contribution in [0.25, 0.3) is 10.6 Å². The first-order chi connectivity index (χ1) is 14.0. The molecule has 0 radical (unpaired) electrons. The monoisotopic (exact) mass is 410 g/mol. The highest BCUT2D eigenvalue weighted by Crippen LogP contribution is 2.26. The van der Waals surface area contributed by atoms with Crippen LogP contribution in [0.1, 0.15) is 27.8 Å². The van der Waals surface area contributed by atoms with E-state index in [4.69, 9.17) is 9.47 Å².